The topological polar surface area (TPSA) is 40.5 Å². The number of hydrogen-bond donors (Lipinski definition) is 1. The molecule has 0 radical (unpaired) electrons. The van der Waals surface area contributed by atoms with E-state index in [9.17, 15) is 14.3 Å². The molecule has 0 aromatic heterocycles. The molecule has 19 heavy (non-hydrogen) atoms. The maximum atomic E-state index is 13.7. The minimum Gasteiger partial charge on any atom is -0.478 e. The molecule has 104 valence electrons. The van der Waals surface area contributed by atoms with E-state index in [1.54, 1.807) is 12.1 Å². The Morgan fingerprint density at radius 2 is 2.05 bits per heavy atom. The van der Waals surface area contributed by atoms with E-state index < -0.39 is 11.8 Å². The first-order valence-electron chi connectivity index (χ1n) is 6.67. The molecule has 1 N–H and O–H groups in total. The van der Waals surface area contributed by atoms with E-state index in [0.717, 1.165) is 32.4 Å². The molecule has 1 saturated heterocycles. The molecule has 2 rings (SSSR count). The van der Waals surface area contributed by atoms with Crippen LogP contribution in [0.25, 0.3) is 0 Å². The highest BCUT2D eigenvalue weighted by Gasteiger charge is 2.26. The SMILES string of the molecule is CC1(C)CCCN(c2cccc(F)c2C(=O)O)CC1. The fourth-order valence-corrected chi connectivity index (χ4v) is 2.65. The van der Waals surface area contributed by atoms with Gasteiger partial charge in [0.2, 0.25) is 0 Å². The minimum atomic E-state index is -1.20. The molecular weight excluding hydrogens is 245 g/mol. The zero-order chi connectivity index (χ0) is 14.0. The van der Waals surface area contributed by atoms with Crippen molar-refractivity contribution in [2.24, 2.45) is 5.41 Å². The van der Waals surface area contributed by atoms with Crippen LogP contribution in [0.3, 0.4) is 0 Å². The van der Waals surface area contributed by atoms with Crippen LogP contribution in [-0.4, -0.2) is 24.2 Å². The second kappa shape index (κ2) is 5.19. The fourth-order valence-electron chi connectivity index (χ4n) is 2.65. The third-order valence-electron chi connectivity index (χ3n) is 3.89. The van der Waals surface area contributed by atoms with Crippen molar-refractivity contribution >= 4 is 11.7 Å². The summed E-state index contributed by atoms with van der Waals surface area (Å²) in [5, 5.41) is 9.18. The van der Waals surface area contributed by atoms with Gasteiger partial charge in [-0.2, -0.15) is 0 Å². The van der Waals surface area contributed by atoms with Gasteiger partial charge < -0.3 is 10.0 Å². The molecule has 0 unspecified atom stereocenters. The summed E-state index contributed by atoms with van der Waals surface area (Å²) in [7, 11) is 0. The number of halogens is 1. The lowest BCUT2D eigenvalue weighted by Crippen LogP contribution is -2.27. The number of nitrogens with zero attached hydrogens (tertiary/aromatic N) is 1. The maximum absolute atomic E-state index is 13.7. The number of carbonyl (C=O) groups is 1. The van der Waals surface area contributed by atoms with Crippen molar-refractivity contribution in [2.45, 2.75) is 33.1 Å². The van der Waals surface area contributed by atoms with Gasteiger partial charge >= 0.3 is 5.97 Å². The van der Waals surface area contributed by atoms with Gasteiger partial charge in [-0.3, -0.25) is 0 Å². The summed E-state index contributed by atoms with van der Waals surface area (Å²) < 4.78 is 13.7. The van der Waals surface area contributed by atoms with Crippen LogP contribution in [0.1, 0.15) is 43.5 Å². The van der Waals surface area contributed by atoms with Crippen molar-refractivity contribution in [3.8, 4) is 0 Å². The third kappa shape index (κ3) is 3.06. The number of benzene rings is 1. The lowest BCUT2D eigenvalue weighted by molar-refractivity contribution is 0.0692. The first kappa shape index (κ1) is 13.8. The summed E-state index contributed by atoms with van der Waals surface area (Å²) in [6, 6.07) is 4.48. The zero-order valence-corrected chi connectivity index (χ0v) is 11.4. The predicted octanol–water partition coefficient (Wildman–Crippen LogP) is 3.54. The highest BCUT2D eigenvalue weighted by molar-refractivity contribution is 5.94. The second-order valence-electron chi connectivity index (χ2n) is 5.94. The van der Waals surface area contributed by atoms with E-state index in [4.69, 9.17) is 0 Å². The van der Waals surface area contributed by atoms with Gasteiger partial charge in [0.05, 0.1) is 5.69 Å². The monoisotopic (exact) mass is 265 g/mol. The maximum Gasteiger partial charge on any atom is 0.340 e. The normalized spacial score (nSPS) is 19.0. The van der Waals surface area contributed by atoms with Crippen molar-refractivity contribution in [1.29, 1.82) is 0 Å². The van der Waals surface area contributed by atoms with Crippen molar-refractivity contribution < 1.29 is 14.3 Å². The van der Waals surface area contributed by atoms with Gasteiger partial charge in [-0.1, -0.05) is 19.9 Å². The molecule has 1 heterocycles. The first-order valence-corrected chi connectivity index (χ1v) is 6.67. The van der Waals surface area contributed by atoms with Gasteiger partial charge in [-0.25, -0.2) is 9.18 Å². The summed E-state index contributed by atoms with van der Waals surface area (Å²) in [5.41, 5.74) is 0.568. The van der Waals surface area contributed by atoms with Crippen LogP contribution in [0.2, 0.25) is 0 Å². The number of rotatable bonds is 2. The summed E-state index contributed by atoms with van der Waals surface area (Å²) in [5.74, 6) is -1.86. The molecule has 1 fully saturated rings. The molecule has 0 bridgehead atoms. The molecule has 1 aromatic carbocycles. The molecule has 3 nitrogen and oxygen atoms in total. The van der Waals surface area contributed by atoms with E-state index >= 15 is 0 Å². The Labute approximate surface area is 113 Å². The lowest BCUT2D eigenvalue weighted by Gasteiger charge is -2.26. The van der Waals surface area contributed by atoms with Gasteiger partial charge in [0.25, 0.3) is 0 Å². The van der Waals surface area contributed by atoms with Gasteiger partial charge in [0, 0.05) is 13.1 Å². The Balaban J connectivity index is 2.32. The average Bonchev–Trinajstić information content (AvgIpc) is 2.49. The smallest absolute Gasteiger partial charge is 0.340 e. The van der Waals surface area contributed by atoms with Crippen molar-refractivity contribution in [2.75, 3.05) is 18.0 Å². The highest BCUT2D eigenvalue weighted by atomic mass is 19.1. The zero-order valence-electron chi connectivity index (χ0n) is 11.4. The average molecular weight is 265 g/mol. The summed E-state index contributed by atoms with van der Waals surface area (Å²) in [6.07, 6.45) is 3.10. The van der Waals surface area contributed by atoms with Crippen molar-refractivity contribution in [3.05, 3.63) is 29.6 Å². The van der Waals surface area contributed by atoms with Crippen LogP contribution in [0, 0.1) is 11.2 Å². The number of carboxylic acid groups (broad SMARTS) is 1. The molecule has 1 aromatic rings. The number of hydrogen-bond acceptors (Lipinski definition) is 2. The second-order valence-corrected chi connectivity index (χ2v) is 5.94. The number of aromatic carboxylic acids is 1. The quantitative estimate of drug-likeness (QED) is 0.889. The van der Waals surface area contributed by atoms with E-state index in [1.807, 2.05) is 4.90 Å². The molecule has 0 spiro atoms. The van der Waals surface area contributed by atoms with E-state index in [-0.39, 0.29) is 11.0 Å². The Kier molecular flexibility index (Phi) is 3.78. The van der Waals surface area contributed by atoms with Crippen LogP contribution in [-0.2, 0) is 0 Å². The first-order chi connectivity index (χ1) is 8.91. The van der Waals surface area contributed by atoms with Crippen LogP contribution in [0.5, 0.6) is 0 Å². The van der Waals surface area contributed by atoms with E-state index in [0.29, 0.717) is 5.69 Å². The van der Waals surface area contributed by atoms with E-state index in [1.165, 1.54) is 6.07 Å². The molecule has 0 aliphatic carbocycles. The van der Waals surface area contributed by atoms with Gasteiger partial charge in [0.15, 0.2) is 0 Å². The Morgan fingerprint density at radius 3 is 2.74 bits per heavy atom. The van der Waals surface area contributed by atoms with E-state index in [2.05, 4.69) is 13.8 Å². The van der Waals surface area contributed by atoms with Crippen LogP contribution in [0.4, 0.5) is 10.1 Å². The minimum absolute atomic E-state index is 0.206. The van der Waals surface area contributed by atoms with Crippen molar-refractivity contribution in [1.82, 2.24) is 0 Å². The Hall–Kier alpha value is -1.58. The molecule has 0 atom stereocenters. The summed E-state index contributed by atoms with van der Waals surface area (Å²) in [6.45, 7) is 6.00. The summed E-state index contributed by atoms with van der Waals surface area (Å²) in [4.78, 5) is 13.2. The molecule has 0 amide bonds. The Bertz CT molecular complexity index is 485. The van der Waals surface area contributed by atoms with Crippen LogP contribution >= 0.6 is 0 Å². The number of anilines is 1. The standard InChI is InChI=1S/C15H20FNO2/c1-15(2)7-4-9-17(10-8-15)12-6-3-5-11(16)13(12)14(18)19/h3,5-6H,4,7-10H2,1-2H3,(H,18,19). The lowest BCUT2D eigenvalue weighted by atomic mass is 9.85. The Morgan fingerprint density at radius 1 is 1.32 bits per heavy atom. The fraction of sp³-hybridized carbons (Fsp3) is 0.533. The van der Waals surface area contributed by atoms with Crippen LogP contribution in [0.15, 0.2) is 18.2 Å². The van der Waals surface area contributed by atoms with Crippen molar-refractivity contribution in [3.63, 3.8) is 0 Å². The largest absolute Gasteiger partial charge is 0.478 e. The predicted molar refractivity (Wildman–Crippen MR) is 73.2 cm³/mol. The van der Waals surface area contributed by atoms with Gasteiger partial charge in [-0.15, -0.1) is 0 Å². The molecule has 1 aliphatic rings. The highest BCUT2D eigenvalue weighted by Crippen LogP contribution is 2.33. The molecule has 0 saturated carbocycles. The third-order valence-corrected chi connectivity index (χ3v) is 3.89. The molecular formula is C15H20FNO2. The van der Waals surface area contributed by atoms with Crippen LogP contribution < -0.4 is 4.90 Å². The summed E-state index contributed by atoms with van der Waals surface area (Å²) >= 11 is 0. The number of carboxylic acids is 1. The van der Waals surface area contributed by atoms with Gasteiger partial charge in [0.1, 0.15) is 11.4 Å². The van der Waals surface area contributed by atoms with Gasteiger partial charge in [-0.05, 0) is 36.8 Å². The molecule has 4 heteroatoms. The molecule has 1 aliphatic heterocycles.